The molecule has 1 aromatic carbocycles. The SMILES string of the molecule is Cc1cc(C(N)c2ccccc2)c(=O)n(CC(C)C)n1. The molecule has 0 saturated heterocycles. The van der Waals surface area contributed by atoms with E-state index in [1.54, 1.807) is 6.07 Å². The first-order chi connectivity index (χ1) is 9.49. The summed E-state index contributed by atoms with van der Waals surface area (Å²) in [6, 6.07) is 11.0. The van der Waals surface area contributed by atoms with Gasteiger partial charge in [0, 0.05) is 12.1 Å². The van der Waals surface area contributed by atoms with Gasteiger partial charge in [0.2, 0.25) is 0 Å². The van der Waals surface area contributed by atoms with Gasteiger partial charge in [-0.05, 0) is 24.5 Å². The van der Waals surface area contributed by atoms with E-state index in [9.17, 15) is 4.79 Å². The molecule has 1 unspecified atom stereocenters. The van der Waals surface area contributed by atoms with Gasteiger partial charge in [-0.3, -0.25) is 4.79 Å². The number of aryl methyl sites for hydroxylation is 1. The smallest absolute Gasteiger partial charge is 0.271 e. The van der Waals surface area contributed by atoms with E-state index in [-0.39, 0.29) is 5.56 Å². The lowest BCUT2D eigenvalue weighted by Gasteiger charge is -2.15. The van der Waals surface area contributed by atoms with Crippen molar-refractivity contribution in [2.45, 2.75) is 33.4 Å². The number of nitrogens with zero attached hydrogens (tertiary/aromatic N) is 2. The quantitative estimate of drug-likeness (QED) is 0.927. The fourth-order valence-corrected chi connectivity index (χ4v) is 2.23. The topological polar surface area (TPSA) is 60.9 Å². The van der Waals surface area contributed by atoms with Crippen LogP contribution in [0.4, 0.5) is 0 Å². The van der Waals surface area contributed by atoms with Gasteiger partial charge in [0.25, 0.3) is 5.56 Å². The van der Waals surface area contributed by atoms with Gasteiger partial charge in [-0.25, -0.2) is 4.68 Å². The number of aromatic nitrogens is 2. The summed E-state index contributed by atoms with van der Waals surface area (Å²) < 4.78 is 1.53. The third kappa shape index (κ3) is 3.14. The third-order valence-corrected chi connectivity index (χ3v) is 3.16. The van der Waals surface area contributed by atoms with Gasteiger partial charge in [0.1, 0.15) is 0 Å². The lowest BCUT2D eigenvalue weighted by Crippen LogP contribution is -2.32. The Balaban J connectivity index is 2.46. The fourth-order valence-electron chi connectivity index (χ4n) is 2.23. The molecular formula is C16H21N3O. The molecule has 4 nitrogen and oxygen atoms in total. The van der Waals surface area contributed by atoms with Crippen molar-refractivity contribution in [2.75, 3.05) is 0 Å². The molecule has 106 valence electrons. The Morgan fingerprint density at radius 3 is 2.50 bits per heavy atom. The molecule has 1 aromatic heterocycles. The van der Waals surface area contributed by atoms with Crippen LogP contribution in [0.5, 0.6) is 0 Å². The molecule has 2 aromatic rings. The fraction of sp³-hybridized carbons (Fsp3) is 0.375. The minimum absolute atomic E-state index is 0.0966. The molecule has 4 heteroatoms. The lowest BCUT2D eigenvalue weighted by atomic mass is 10.0. The second-order valence-electron chi connectivity index (χ2n) is 5.51. The summed E-state index contributed by atoms with van der Waals surface area (Å²) >= 11 is 0. The Morgan fingerprint density at radius 2 is 1.90 bits per heavy atom. The Kier molecular flexibility index (Phi) is 4.35. The Hall–Kier alpha value is -1.94. The number of hydrogen-bond acceptors (Lipinski definition) is 3. The molecule has 2 N–H and O–H groups in total. The molecule has 1 atom stereocenters. The van der Waals surface area contributed by atoms with Crippen molar-refractivity contribution >= 4 is 0 Å². The van der Waals surface area contributed by atoms with Crippen molar-refractivity contribution in [1.82, 2.24) is 9.78 Å². The van der Waals surface area contributed by atoms with E-state index in [2.05, 4.69) is 18.9 Å². The van der Waals surface area contributed by atoms with Crippen LogP contribution in [0.2, 0.25) is 0 Å². The maximum Gasteiger partial charge on any atom is 0.271 e. The molecule has 2 rings (SSSR count). The van der Waals surface area contributed by atoms with Crippen molar-refractivity contribution < 1.29 is 0 Å². The predicted octanol–water partition coefficient (Wildman–Crippen LogP) is 2.26. The summed E-state index contributed by atoms with van der Waals surface area (Å²) in [5.74, 6) is 0.364. The first-order valence-electron chi connectivity index (χ1n) is 6.88. The second-order valence-corrected chi connectivity index (χ2v) is 5.51. The molecule has 0 amide bonds. The molecule has 0 radical (unpaired) electrons. The average Bonchev–Trinajstić information content (AvgIpc) is 2.42. The van der Waals surface area contributed by atoms with Crippen LogP contribution < -0.4 is 11.3 Å². The van der Waals surface area contributed by atoms with Crippen LogP contribution in [0.25, 0.3) is 0 Å². The van der Waals surface area contributed by atoms with Crippen molar-refractivity contribution in [1.29, 1.82) is 0 Å². The average molecular weight is 271 g/mol. The molecule has 0 aliphatic heterocycles. The van der Waals surface area contributed by atoms with Crippen LogP contribution >= 0.6 is 0 Å². The molecule has 0 aliphatic carbocycles. The zero-order chi connectivity index (χ0) is 14.7. The van der Waals surface area contributed by atoms with Crippen molar-refractivity contribution in [2.24, 2.45) is 11.7 Å². The van der Waals surface area contributed by atoms with E-state index in [1.165, 1.54) is 4.68 Å². The lowest BCUT2D eigenvalue weighted by molar-refractivity contribution is 0.456. The summed E-state index contributed by atoms with van der Waals surface area (Å²) in [5.41, 5.74) is 8.50. The second kappa shape index (κ2) is 6.01. The van der Waals surface area contributed by atoms with E-state index in [1.807, 2.05) is 37.3 Å². The summed E-state index contributed by atoms with van der Waals surface area (Å²) in [4.78, 5) is 12.5. The molecule has 0 bridgehead atoms. The standard InChI is InChI=1S/C16H21N3O/c1-11(2)10-19-16(20)14(9-12(3)18-19)15(17)13-7-5-4-6-8-13/h4-9,11,15H,10,17H2,1-3H3. The molecule has 0 spiro atoms. The van der Waals surface area contributed by atoms with Gasteiger partial charge in [-0.15, -0.1) is 0 Å². The molecule has 0 fully saturated rings. The first kappa shape index (κ1) is 14.5. The van der Waals surface area contributed by atoms with Gasteiger partial charge in [0.15, 0.2) is 0 Å². The van der Waals surface area contributed by atoms with Crippen molar-refractivity contribution in [3.8, 4) is 0 Å². The highest BCUT2D eigenvalue weighted by molar-refractivity contribution is 5.30. The van der Waals surface area contributed by atoms with Gasteiger partial charge in [-0.1, -0.05) is 44.2 Å². The Labute approximate surface area is 119 Å². The van der Waals surface area contributed by atoms with E-state index >= 15 is 0 Å². The highest BCUT2D eigenvalue weighted by Crippen LogP contribution is 2.16. The van der Waals surface area contributed by atoms with Gasteiger partial charge >= 0.3 is 0 Å². The van der Waals surface area contributed by atoms with Gasteiger partial charge < -0.3 is 5.73 Å². The first-order valence-corrected chi connectivity index (χ1v) is 6.88. The number of hydrogen-bond donors (Lipinski definition) is 1. The van der Waals surface area contributed by atoms with Gasteiger partial charge in [-0.2, -0.15) is 5.10 Å². The monoisotopic (exact) mass is 271 g/mol. The van der Waals surface area contributed by atoms with Crippen molar-refractivity contribution in [3.05, 3.63) is 63.6 Å². The number of nitrogens with two attached hydrogens (primary N) is 1. The van der Waals surface area contributed by atoms with E-state index < -0.39 is 6.04 Å². The molecule has 0 saturated carbocycles. The third-order valence-electron chi connectivity index (χ3n) is 3.16. The van der Waals surface area contributed by atoms with Gasteiger partial charge in [0.05, 0.1) is 11.7 Å². The van der Waals surface area contributed by atoms with E-state index in [0.717, 1.165) is 11.3 Å². The van der Waals surface area contributed by atoms with Crippen molar-refractivity contribution in [3.63, 3.8) is 0 Å². The van der Waals surface area contributed by atoms with Crippen LogP contribution in [-0.2, 0) is 6.54 Å². The number of benzene rings is 1. The summed E-state index contributed by atoms with van der Waals surface area (Å²) in [6.07, 6.45) is 0. The summed E-state index contributed by atoms with van der Waals surface area (Å²) in [5, 5.41) is 4.30. The predicted molar refractivity (Wildman–Crippen MR) is 80.5 cm³/mol. The molecule has 20 heavy (non-hydrogen) atoms. The minimum atomic E-state index is -0.413. The molecular weight excluding hydrogens is 250 g/mol. The van der Waals surface area contributed by atoms with E-state index in [4.69, 9.17) is 5.73 Å². The van der Waals surface area contributed by atoms with E-state index in [0.29, 0.717) is 18.0 Å². The highest BCUT2D eigenvalue weighted by Gasteiger charge is 2.16. The maximum atomic E-state index is 12.5. The van der Waals surface area contributed by atoms with Crippen LogP contribution in [0.1, 0.15) is 36.7 Å². The van der Waals surface area contributed by atoms with Crippen LogP contribution in [-0.4, -0.2) is 9.78 Å². The summed E-state index contributed by atoms with van der Waals surface area (Å²) in [7, 11) is 0. The van der Waals surface area contributed by atoms with Crippen LogP contribution in [0.3, 0.4) is 0 Å². The largest absolute Gasteiger partial charge is 0.320 e. The van der Waals surface area contributed by atoms with Crippen LogP contribution in [0, 0.1) is 12.8 Å². The Morgan fingerprint density at radius 1 is 1.25 bits per heavy atom. The Bertz CT molecular complexity index is 632. The minimum Gasteiger partial charge on any atom is -0.320 e. The van der Waals surface area contributed by atoms with Crippen LogP contribution in [0.15, 0.2) is 41.2 Å². The number of rotatable bonds is 4. The maximum absolute atomic E-state index is 12.5. The highest BCUT2D eigenvalue weighted by atomic mass is 16.1. The normalized spacial score (nSPS) is 12.7. The zero-order valence-corrected chi connectivity index (χ0v) is 12.2. The molecule has 1 heterocycles. The molecule has 0 aliphatic rings. The zero-order valence-electron chi connectivity index (χ0n) is 12.2. The summed E-state index contributed by atoms with van der Waals surface area (Å²) in [6.45, 7) is 6.62.